The highest BCUT2D eigenvalue weighted by Crippen LogP contribution is 2.41. The van der Waals surface area contributed by atoms with Gasteiger partial charge in [0.25, 0.3) is 10.0 Å². The predicted octanol–water partition coefficient (Wildman–Crippen LogP) is 3.28. The summed E-state index contributed by atoms with van der Waals surface area (Å²) in [6.07, 6.45) is 5.22. The smallest absolute Gasteiger partial charge is 0.333 e. The minimum absolute atomic E-state index is 0.159. The van der Waals surface area contributed by atoms with E-state index in [-0.39, 0.29) is 5.82 Å². The summed E-state index contributed by atoms with van der Waals surface area (Å²) in [5.41, 5.74) is 3.84. The van der Waals surface area contributed by atoms with Gasteiger partial charge in [-0.1, -0.05) is 0 Å². The van der Waals surface area contributed by atoms with Crippen LogP contribution in [0.2, 0.25) is 0 Å². The first-order valence-electron chi connectivity index (χ1n) is 10.3. The van der Waals surface area contributed by atoms with E-state index in [1.54, 1.807) is 0 Å². The summed E-state index contributed by atoms with van der Waals surface area (Å²) in [7, 11) is -4.25. The number of nitrogens with one attached hydrogen (secondary N) is 2. The predicted molar refractivity (Wildman–Crippen MR) is 106 cm³/mol. The first-order chi connectivity index (χ1) is 14.3. The van der Waals surface area contributed by atoms with Crippen LogP contribution in [0, 0.1) is 5.82 Å². The van der Waals surface area contributed by atoms with Crippen LogP contribution in [0.3, 0.4) is 0 Å². The molecule has 160 valence electrons. The molecule has 0 radical (unpaired) electrons. The van der Waals surface area contributed by atoms with Crippen molar-refractivity contribution in [1.82, 2.24) is 4.72 Å². The summed E-state index contributed by atoms with van der Waals surface area (Å²) in [6, 6.07) is 0.377. The lowest BCUT2D eigenvalue weighted by Crippen LogP contribution is -2.34. The Morgan fingerprint density at radius 3 is 2.30 bits per heavy atom. The highest BCUT2D eigenvalue weighted by atomic mass is 32.2. The van der Waals surface area contributed by atoms with Crippen LogP contribution in [0.15, 0.2) is 15.6 Å². The van der Waals surface area contributed by atoms with Crippen LogP contribution in [-0.4, -0.2) is 19.6 Å². The summed E-state index contributed by atoms with van der Waals surface area (Å²) in [5, 5.41) is 12.3. The van der Waals surface area contributed by atoms with Crippen LogP contribution >= 0.6 is 0 Å². The van der Waals surface area contributed by atoms with Gasteiger partial charge in [-0.15, -0.1) is 0 Å². The van der Waals surface area contributed by atoms with Gasteiger partial charge in [-0.3, -0.25) is 0 Å². The Morgan fingerprint density at radius 1 is 1.03 bits per heavy atom. The molecule has 5 rings (SSSR count). The molecule has 1 heterocycles. The number of hydrogen-bond donors (Lipinski definition) is 3. The number of fused-ring (bicyclic) bond motifs is 3. The minimum Gasteiger partial charge on any atom is -0.447 e. The number of furan rings is 1. The number of aliphatic hydroxyl groups is 1. The Labute approximate surface area is 173 Å². The summed E-state index contributed by atoms with van der Waals surface area (Å²) in [6.45, 7) is 0. The van der Waals surface area contributed by atoms with Crippen LogP contribution < -0.4 is 10.0 Å². The maximum atomic E-state index is 14.8. The second-order valence-corrected chi connectivity index (χ2v) is 9.84. The molecule has 30 heavy (non-hydrogen) atoms. The quantitative estimate of drug-likeness (QED) is 0.687. The minimum atomic E-state index is -4.25. The number of benzene rings is 1. The number of urea groups is 1. The van der Waals surface area contributed by atoms with Crippen molar-refractivity contribution in [3.63, 3.8) is 0 Å². The molecule has 1 aromatic heterocycles. The summed E-state index contributed by atoms with van der Waals surface area (Å²) in [4.78, 5) is 12.6. The van der Waals surface area contributed by atoms with Crippen molar-refractivity contribution in [3.05, 3.63) is 45.5 Å². The molecule has 3 aliphatic carbocycles. The van der Waals surface area contributed by atoms with Gasteiger partial charge in [-0.2, -0.15) is 8.42 Å². The molecule has 1 atom stereocenters. The molecule has 3 aliphatic rings. The third-order valence-electron chi connectivity index (χ3n) is 6.36. The molecule has 0 spiro atoms. The van der Waals surface area contributed by atoms with E-state index in [0.29, 0.717) is 73.1 Å². The molecule has 1 aromatic carbocycles. The average molecular weight is 434 g/mol. The van der Waals surface area contributed by atoms with E-state index in [2.05, 4.69) is 5.32 Å². The fourth-order valence-electron chi connectivity index (χ4n) is 4.99. The van der Waals surface area contributed by atoms with Gasteiger partial charge in [0.2, 0.25) is 5.09 Å². The molecule has 1 unspecified atom stereocenters. The topological polar surface area (TPSA) is 109 Å². The Kier molecular flexibility index (Phi) is 4.62. The SMILES string of the molecule is O=C(Nc1c2c(c(F)c3c1CCC3)CCC2)NS(=O)(=O)c1cc2c(o1)CCCC2O. The second-order valence-electron chi connectivity index (χ2n) is 8.22. The number of anilines is 1. The van der Waals surface area contributed by atoms with E-state index in [9.17, 15) is 22.7 Å². The first kappa shape index (κ1) is 19.6. The van der Waals surface area contributed by atoms with Crippen molar-refractivity contribution in [2.24, 2.45) is 0 Å². The average Bonchev–Trinajstić information content (AvgIpc) is 3.43. The molecule has 7 nitrogen and oxygen atoms in total. The van der Waals surface area contributed by atoms with Crippen molar-refractivity contribution < 1.29 is 27.1 Å². The van der Waals surface area contributed by atoms with E-state index < -0.39 is 27.3 Å². The lowest BCUT2D eigenvalue weighted by molar-refractivity contribution is 0.152. The summed E-state index contributed by atoms with van der Waals surface area (Å²) in [5.74, 6) is 0.275. The highest BCUT2D eigenvalue weighted by Gasteiger charge is 2.32. The lowest BCUT2D eigenvalue weighted by Gasteiger charge is -2.17. The molecular formula is C21H23FN2O5S. The zero-order valence-electron chi connectivity index (χ0n) is 16.4. The van der Waals surface area contributed by atoms with Crippen LogP contribution in [-0.2, 0) is 42.1 Å². The van der Waals surface area contributed by atoms with Gasteiger partial charge in [0, 0.05) is 23.7 Å². The molecule has 2 amide bonds. The first-order valence-corrected chi connectivity index (χ1v) is 11.8. The van der Waals surface area contributed by atoms with E-state index in [1.165, 1.54) is 6.07 Å². The number of carbonyl (C=O) groups is 1. The number of amides is 2. The third-order valence-corrected chi connectivity index (χ3v) is 7.54. The maximum absolute atomic E-state index is 14.8. The molecule has 2 aromatic rings. The number of carbonyl (C=O) groups excluding carboxylic acids is 1. The van der Waals surface area contributed by atoms with Gasteiger partial charge in [0.05, 0.1) is 6.10 Å². The second kappa shape index (κ2) is 7.09. The van der Waals surface area contributed by atoms with E-state index in [4.69, 9.17) is 4.42 Å². The number of halogens is 1. The normalized spacial score (nSPS) is 19.9. The van der Waals surface area contributed by atoms with Crippen molar-refractivity contribution >= 4 is 21.7 Å². The summed E-state index contributed by atoms with van der Waals surface area (Å²) >= 11 is 0. The molecule has 0 bridgehead atoms. The van der Waals surface area contributed by atoms with Gasteiger partial charge >= 0.3 is 6.03 Å². The Morgan fingerprint density at radius 2 is 1.67 bits per heavy atom. The van der Waals surface area contributed by atoms with Gasteiger partial charge in [0.1, 0.15) is 11.6 Å². The Bertz CT molecular complexity index is 1120. The van der Waals surface area contributed by atoms with Crippen molar-refractivity contribution in [2.45, 2.75) is 69.0 Å². The molecular weight excluding hydrogens is 411 g/mol. The number of aliphatic hydroxyl groups excluding tert-OH is 1. The Balaban J connectivity index is 1.41. The largest absolute Gasteiger partial charge is 0.447 e. The molecule has 0 fully saturated rings. The fraction of sp³-hybridized carbons (Fsp3) is 0.476. The van der Waals surface area contributed by atoms with E-state index in [1.807, 2.05) is 4.72 Å². The van der Waals surface area contributed by atoms with Crippen LogP contribution in [0.1, 0.15) is 65.4 Å². The molecule has 0 saturated heterocycles. The molecule has 0 saturated carbocycles. The van der Waals surface area contributed by atoms with Crippen molar-refractivity contribution in [2.75, 3.05) is 5.32 Å². The number of hydrogen-bond acceptors (Lipinski definition) is 5. The number of sulfonamides is 1. The zero-order chi connectivity index (χ0) is 21.0. The van der Waals surface area contributed by atoms with E-state index >= 15 is 0 Å². The maximum Gasteiger partial charge on any atom is 0.333 e. The van der Waals surface area contributed by atoms with Gasteiger partial charge in [-0.05, 0) is 73.6 Å². The van der Waals surface area contributed by atoms with Gasteiger partial charge in [-0.25, -0.2) is 13.9 Å². The van der Waals surface area contributed by atoms with Gasteiger partial charge < -0.3 is 14.8 Å². The van der Waals surface area contributed by atoms with Crippen LogP contribution in [0.5, 0.6) is 0 Å². The van der Waals surface area contributed by atoms with E-state index in [0.717, 1.165) is 24.0 Å². The summed E-state index contributed by atoms with van der Waals surface area (Å²) < 4.78 is 47.5. The molecule has 3 N–H and O–H groups in total. The monoisotopic (exact) mass is 434 g/mol. The number of rotatable bonds is 3. The third kappa shape index (κ3) is 3.11. The number of aryl methyl sites for hydroxylation is 1. The van der Waals surface area contributed by atoms with Crippen LogP contribution in [0.25, 0.3) is 0 Å². The highest BCUT2D eigenvalue weighted by molar-refractivity contribution is 7.89. The molecule has 0 aliphatic heterocycles. The lowest BCUT2D eigenvalue weighted by atomic mass is 9.96. The fourth-order valence-corrected chi connectivity index (χ4v) is 5.88. The van der Waals surface area contributed by atoms with Crippen molar-refractivity contribution in [3.8, 4) is 0 Å². The van der Waals surface area contributed by atoms with Crippen molar-refractivity contribution in [1.29, 1.82) is 0 Å². The standard InChI is InChI=1S/C21H23FN2O5S/c22-19-11-4-1-6-13(11)20(14-7-2-5-12(14)19)23-21(26)24-30(27,28)18-10-15-16(25)8-3-9-17(15)29-18/h10,16,25H,1-9H2,(H2,23,24,26). The Hall–Kier alpha value is -2.39. The zero-order valence-corrected chi connectivity index (χ0v) is 17.2. The molecule has 9 heteroatoms. The van der Waals surface area contributed by atoms with Crippen LogP contribution in [0.4, 0.5) is 14.9 Å². The van der Waals surface area contributed by atoms with Gasteiger partial charge in [0.15, 0.2) is 0 Å².